The molecular weight excluding hydrogens is 328 g/mol. The van der Waals surface area contributed by atoms with Crippen LogP contribution in [0, 0.1) is 17.3 Å². The first-order valence-electron chi connectivity index (χ1n) is 8.93. The molecule has 0 aromatic heterocycles. The topological polar surface area (TPSA) is 135 Å². The molecule has 146 valence electrons. The van der Waals surface area contributed by atoms with Gasteiger partial charge in [-0.1, -0.05) is 27.2 Å². The van der Waals surface area contributed by atoms with Gasteiger partial charge in [0.05, 0.1) is 6.61 Å². The van der Waals surface area contributed by atoms with E-state index in [0.717, 1.165) is 25.7 Å². The number of carbonyl (C=O) groups is 2. The monoisotopic (exact) mass is 360 g/mol. The number of hydrogen-bond acceptors (Lipinski definition) is 7. The molecule has 0 heterocycles. The Morgan fingerprint density at radius 3 is 2.24 bits per heavy atom. The molecule has 1 rings (SSSR count). The highest BCUT2D eigenvalue weighted by atomic mass is 16.4. The second-order valence-electron chi connectivity index (χ2n) is 7.94. The van der Waals surface area contributed by atoms with Crippen molar-refractivity contribution in [2.24, 2.45) is 17.3 Å². The fraction of sp³-hybridized carbons (Fsp3) is 0.889. The molecule has 0 spiro atoms. The first-order chi connectivity index (χ1) is 11.5. The molecule has 5 N–H and O–H groups in total. The highest BCUT2D eigenvalue weighted by molar-refractivity contribution is 6.39. The molecule has 0 aliphatic heterocycles. The summed E-state index contributed by atoms with van der Waals surface area (Å²) in [4.78, 5) is 24.2. The second-order valence-corrected chi connectivity index (χ2v) is 7.94. The maximum Gasteiger partial charge on any atom is 0.229 e. The summed E-state index contributed by atoms with van der Waals surface area (Å²) in [6.45, 7) is 5.62. The number of rotatable bonds is 9. The highest BCUT2D eigenvalue weighted by Gasteiger charge is 2.39. The van der Waals surface area contributed by atoms with E-state index >= 15 is 0 Å². The van der Waals surface area contributed by atoms with Gasteiger partial charge in [0.1, 0.15) is 24.4 Å². The minimum atomic E-state index is -2.12. The van der Waals surface area contributed by atoms with Gasteiger partial charge in [-0.25, -0.2) is 0 Å². The molecule has 0 bridgehead atoms. The van der Waals surface area contributed by atoms with Crippen molar-refractivity contribution >= 4 is 11.6 Å². The second kappa shape index (κ2) is 9.19. The van der Waals surface area contributed by atoms with Crippen LogP contribution in [0.3, 0.4) is 0 Å². The van der Waals surface area contributed by atoms with Crippen molar-refractivity contribution in [3.05, 3.63) is 0 Å². The van der Waals surface area contributed by atoms with Crippen LogP contribution >= 0.6 is 0 Å². The molecule has 0 amide bonds. The van der Waals surface area contributed by atoms with E-state index in [1.165, 1.54) is 0 Å². The average Bonchev–Trinajstić information content (AvgIpc) is 2.58. The molecule has 2 unspecified atom stereocenters. The van der Waals surface area contributed by atoms with Crippen LogP contribution < -0.4 is 0 Å². The standard InChI is InChI=1S/C18H32O7/c1-10(2)18(3)6-4-5-11(8-18)7-12(20)14(22)16(24)17(25)15(23)13(21)9-19/h10-11,13,15-17,19,21,23-25H,4-9H2,1-3H3/t11?,13-,15-,16+,17+,18?/m1/s1. The van der Waals surface area contributed by atoms with E-state index in [0.29, 0.717) is 5.92 Å². The SMILES string of the molecule is CC(C)C1(C)CCCC(CC(=O)C(=O)[C@H](O)[C@@H](O)[C@H](O)[C@H](O)CO)C1. The summed E-state index contributed by atoms with van der Waals surface area (Å²) in [6.07, 6.45) is -4.06. The van der Waals surface area contributed by atoms with Crippen LogP contribution in [0.25, 0.3) is 0 Å². The third-order valence-electron chi connectivity index (χ3n) is 5.78. The van der Waals surface area contributed by atoms with Crippen LogP contribution in [0.1, 0.15) is 52.9 Å². The van der Waals surface area contributed by atoms with Crippen LogP contribution in [0.15, 0.2) is 0 Å². The third-order valence-corrected chi connectivity index (χ3v) is 5.78. The first kappa shape index (κ1) is 22.2. The lowest BCUT2D eigenvalue weighted by molar-refractivity contribution is -0.154. The smallest absolute Gasteiger partial charge is 0.229 e. The van der Waals surface area contributed by atoms with Crippen molar-refractivity contribution in [1.29, 1.82) is 0 Å². The van der Waals surface area contributed by atoms with Crippen molar-refractivity contribution in [1.82, 2.24) is 0 Å². The molecule has 7 heteroatoms. The Morgan fingerprint density at radius 2 is 1.72 bits per heavy atom. The number of hydrogen-bond donors (Lipinski definition) is 5. The number of aliphatic hydroxyl groups excluding tert-OH is 5. The molecule has 0 aromatic rings. The van der Waals surface area contributed by atoms with Crippen LogP contribution in [-0.2, 0) is 9.59 Å². The molecule has 25 heavy (non-hydrogen) atoms. The van der Waals surface area contributed by atoms with Gasteiger partial charge in [-0.2, -0.15) is 0 Å². The van der Waals surface area contributed by atoms with E-state index in [9.17, 15) is 30.0 Å². The number of ketones is 2. The fourth-order valence-corrected chi connectivity index (χ4v) is 3.56. The van der Waals surface area contributed by atoms with Gasteiger partial charge in [0, 0.05) is 6.42 Å². The van der Waals surface area contributed by atoms with Gasteiger partial charge in [-0.15, -0.1) is 0 Å². The lowest BCUT2D eigenvalue weighted by Gasteiger charge is -2.41. The van der Waals surface area contributed by atoms with Gasteiger partial charge in [0.25, 0.3) is 0 Å². The maximum absolute atomic E-state index is 12.2. The molecule has 0 aromatic carbocycles. The van der Waals surface area contributed by atoms with Crippen LogP contribution in [0.5, 0.6) is 0 Å². The normalized spacial score (nSPS) is 29.1. The van der Waals surface area contributed by atoms with Crippen LogP contribution in [-0.4, -0.2) is 68.1 Å². The lowest BCUT2D eigenvalue weighted by atomic mass is 9.64. The fourth-order valence-electron chi connectivity index (χ4n) is 3.56. The van der Waals surface area contributed by atoms with Crippen molar-refractivity contribution < 1.29 is 35.1 Å². The number of carbonyl (C=O) groups excluding carboxylic acids is 2. The van der Waals surface area contributed by atoms with Crippen molar-refractivity contribution in [2.75, 3.05) is 6.61 Å². The van der Waals surface area contributed by atoms with E-state index < -0.39 is 42.6 Å². The van der Waals surface area contributed by atoms with E-state index in [-0.39, 0.29) is 17.8 Å². The summed E-state index contributed by atoms with van der Waals surface area (Å²) in [7, 11) is 0. The molecule has 6 atom stereocenters. The minimum absolute atomic E-state index is 0.00354. The first-order valence-corrected chi connectivity index (χ1v) is 8.93. The zero-order valence-corrected chi connectivity index (χ0v) is 15.3. The van der Waals surface area contributed by atoms with E-state index in [1.807, 2.05) is 0 Å². The van der Waals surface area contributed by atoms with E-state index in [1.54, 1.807) is 0 Å². The largest absolute Gasteiger partial charge is 0.394 e. The van der Waals surface area contributed by atoms with Gasteiger partial charge in [0.2, 0.25) is 11.6 Å². The van der Waals surface area contributed by atoms with Gasteiger partial charge < -0.3 is 25.5 Å². The average molecular weight is 360 g/mol. The Bertz CT molecular complexity index is 464. The third kappa shape index (κ3) is 5.56. The Morgan fingerprint density at radius 1 is 1.12 bits per heavy atom. The highest BCUT2D eigenvalue weighted by Crippen LogP contribution is 2.45. The van der Waals surface area contributed by atoms with Crippen LogP contribution in [0.2, 0.25) is 0 Å². The Kier molecular flexibility index (Phi) is 8.15. The zero-order valence-electron chi connectivity index (χ0n) is 15.3. The quantitative estimate of drug-likeness (QED) is 0.359. The predicted molar refractivity (Wildman–Crippen MR) is 90.6 cm³/mol. The molecule has 1 aliphatic carbocycles. The Balaban J connectivity index is 2.65. The Hall–Kier alpha value is -0.860. The summed E-state index contributed by atoms with van der Waals surface area (Å²) in [5.41, 5.74) is 0.117. The summed E-state index contributed by atoms with van der Waals surface area (Å²) < 4.78 is 0. The molecule has 1 fully saturated rings. The predicted octanol–water partition coefficient (Wildman–Crippen LogP) is -0.197. The summed E-state index contributed by atoms with van der Waals surface area (Å²) >= 11 is 0. The van der Waals surface area contributed by atoms with E-state index in [2.05, 4.69) is 20.8 Å². The lowest BCUT2D eigenvalue weighted by Crippen LogP contribution is -2.50. The summed E-state index contributed by atoms with van der Waals surface area (Å²) in [5.74, 6) is -1.44. The number of Topliss-reactive ketones (excluding diaryl/α,β-unsaturated/α-hetero) is 2. The molecular formula is C18H32O7. The minimum Gasteiger partial charge on any atom is -0.394 e. The molecule has 7 nitrogen and oxygen atoms in total. The summed E-state index contributed by atoms with van der Waals surface area (Å²) in [6, 6.07) is 0. The number of aliphatic hydroxyl groups is 5. The van der Waals surface area contributed by atoms with Crippen molar-refractivity contribution in [3.63, 3.8) is 0 Å². The Labute approximate surface area is 148 Å². The zero-order chi connectivity index (χ0) is 19.4. The van der Waals surface area contributed by atoms with Gasteiger partial charge in [-0.05, 0) is 36.5 Å². The maximum atomic E-state index is 12.2. The van der Waals surface area contributed by atoms with Gasteiger partial charge in [-0.3, -0.25) is 9.59 Å². The summed E-state index contributed by atoms with van der Waals surface area (Å²) in [5, 5.41) is 47.1. The van der Waals surface area contributed by atoms with Gasteiger partial charge >= 0.3 is 0 Å². The van der Waals surface area contributed by atoms with Crippen LogP contribution in [0.4, 0.5) is 0 Å². The van der Waals surface area contributed by atoms with Crippen molar-refractivity contribution in [3.8, 4) is 0 Å². The molecule has 1 aliphatic rings. The molecule has 0 saturated heterocycles. The van der Waals surface area contributed by atoms with Gasteiger partial charge in [0.15, 0.2) is 0 Å². The molecule has 0 radical (unpaired) electrons. The van der Waals surface area contributed by atoms with Crippen molar-refractivity contribution in [2.45, 2.75) is 77.3 Å². The van der Waals surface area contributed by atoms with E-state index in [4.69, 9.17) is 5.11 Å². The molecule has 1 saturated carbocycles.